The first kappa shape index (κ1) is 22.7. The smallest absolute Gasteiger partial charge is 0.409 e. The molecule has 156 valence electrons. The number of amides is 1. The predicted octanol–water partition coefficient (Wildman–Crippen LogP) is 3.48. The van der Waals surface area contributed by atoms with Gasteiger partial charge in [0.2, 0.25) is 0 Å². The Morgan fingerprint density at radius 3 is 2.61 bits per heavy atom. The van der Waals surface area contributed by atoms with Crippen molar-refractivity contribution < 1.29 is 13.9 Å². The lowest BCUT2D eigenvalue weighted by Gasteiger charge is -2.32. The molecule has 2 aliphatic rings. The van der Waals surface area contributed by atoms with E-state index in [9.17, 15) is 9.18 Å². The number of benzene rings is 1. The van der Waals surface area contributed by atoms with Crippen LogP contribution in [0, 0.1) is 5.82 Å². The molecule has 0 bridgehead atoms. The quantitative estimate of drug-likeness (QED) is 0.366. The molecule has 1 aromatic carbocycles. The topological polar surface area (TPSA) is 66.0 Å². The van der Waals surface area contributed by atoms with Gasteiger partial charge in [-0.15, -0.1) is 24.0 Å². The molecule has 1 aliphatic heterocycles. The maximum atomic E-state index is 14.0. The fourth-order valence-electron chi connectivity index (χ4n) is 3.56. The lowest BCUT2D eigenvalue weighted by Crippen LogP contribution is -2.50. The van der Waals surface area contributed by atoms with Crippen molar-refractivity contribution in [1.82, 2.24) is 15.5 Å². The highest BCUT2D eigenvalue weighted by atomic mass is 127. The molecule has 0 spiro atoms. The second-order valence-corrected chi connectivity index (χ2v) is 7.04. The zero-order chi connectivity index (χ0) is 19.2. The summed E-state index contributed by atoms with van der Waals surface area (Å²) in [5, 5.41) is 6.91. The Bertz CT molecular complexity index is 680. The van der Waals surface area contributed by atoms with Gasteiger partial charge >= 0.3 is 6.09 Å². The molecule has 1 aliphatic carbocycles. The fourth-order valence-corrected chi connectivity index (χ4v) is 3.56. The maximum Gasteiger partial charge on any atom is 0.409 e. The van der Waals surface area contributed by atoms with Gasteiger partial charge in [0.25, 0.3) is 0 Å². The molecular formula is C20H30FIN4O2. The molecule has 1 aromatic rings. The van der Waals surface area contributed by atoms with E-state index in [4.69, 9.17) is 4.74 Å². The minimum Gasteiger partial charge on any atom is -0.450 e. The van der Waals surface area contributed by atoms with Gasteiger partial charge < -0.3 is 20.3 Å². The van der Waals surface area contributed by atoms with Crippen molar-refractivity contribution in [3.05, 3.63) is 35.6 Å². The van der Waals surface area contributed by atoms with E-state index in [1.54, 1.807) is 11.0 Å². The van der Waals surface area contributed by atoms with Crippen molar-refractivity contribution in [3.8, 4) is 0 Å². The molecule has 1 heterocycles. The normalized spacial score (nSPS) is 22.2. The number of ether oxygens (including phenoxy) is 1. The van der Waals surface area contributed by atoms with Crippen LogP contribution in [0.1, 0.15) is 44.6 Å². The number of rotatable bonds is 5. The Hall–Kier alpha value is -1.58. The molecule has 1 amide bonds. The van der Waals surface area contributed by atoms with Gasteiger partial charge in [0.15, 0.2) is 5.96 Å². The van der Waals surface area contributed by atoms with Crippen LogP contribution in [0.5, 0.6) is 0 Å². The van der Waals surface area contributed by atoms with Gasteiger partial charge in [-0.25, -0.2) is 9.18 Å². The Labute approximate surface area is 183 Å². The number of hydrogen-bond acceptors (Lipinski definition) is 3. The Morgan fingerprint density at radius 2 is 1.96 bits per heavy atom. The highest BCUT2D eigenvalue weighted by molar-refractivity contribution is 14.0. The van der Waals surface area contributed by atoms with Crippen molar-refractivity contribution in [2.24, 2.45) is 4.99 Å². The molecule has 0 radical (unpaired) electrons. The molecule has 28 heavy (non-hydrogen) atoms. The average Bonchev–Trinajstić information content (AvgIpc) is 3.42. The van der Waals surface area contributed by atoms with E-state index in [0.717, 1.165) is 30.8 Å². The Morgan fingerprint density at radius 1 is 1.25 bits per heavy atom. The minimum absolute atomic E-state index is 0. The molecule has 8 heteroatoms. The number of carbonyl (C=O) groups excluding carboxylic acids is 1. The van der Waals surface area contributed by atoms with Gasteiger partial charge in [-0.05, 0) is 44.7 Å². The van der Waals surface area contributed by atoms with Crippen molar-refractivity contribution in [1.29, 1.82) is 0 Å². The highest BCUT2D eigenvalue weighted by Crippen LogP contribution is 2.41. The molecule has 2 atom stereocenters. The van der Waals surface area contributed by atoms with E-state index in [0.29, 0.717) is 26.2 Å². The second-order valence-electron chi connectivity index (χ2n) is 7.04. The number of halogens is 2. The summed E-state index contributed by atoms with van der Waals surface area (Å²) in [5.74, 6) is 0.830. The first-order valence-corrected chi connectivity index (χ1v) is 9.86. The number of carbonyl (C=O) groups is 1. The zero-order valence-corrected chi connectivity index (χ0v) is 18.8. The number of aliphatic imine (C=N–C) groups is 1. The second kappa shape index (κ2) is 10.8. The predicted molar refractivity (Wildman–Crippen MR) is 119 cm³/mol. The number of guanidine groups is 1. The summed E-state index contributed by atoms with van der Waals surface area (Å²) in [6, 6.07) is 7.44. The maximum absolute atomic E-state index is 14.0. The molecule has 1 saturated carbocycles. The van der Waals surface area contributed by atoms with Crippen molar-refractivity contribution >= 4 is 36.0 Å². The third kappa shape index (κ3) is 5.96. The molecular weight excluding hydrogens is 474 g/mol. The van der Waals surface area contributed by atoms with Crippen molar-refractivity contribution in [2.75, 3.05) is 26.2 Å². The third-order valence-electron chi connectivity index (χ3n) is 5.10. The zero-order valence-electron chi connectivity index (χ0n) is 16.5. The van der Waals surface area contributed by atoms with Crippen LogP contribution in [-0.2, 0) is 4.74 Å². The van der Waals surface area contributed by atoms with Gasteiger partial charge in [-0.1, -0.05) is 18.2 Å². The van der Waals surface area contributed by atoms with Gasteiger partial charge in [0, 0.05) is 37.6 Å². The van der Waals surface area contributed by atoms with E-state index < -0.39 is 0 Å². The standard InChI is InChI=1S/C20H29FN4O2.HI/c1-3-22-19(23-14-9-11-25(12-10-14)20(26)27-4-2)24-18-13-16(18)15-7-5-6-8-17(15)21;/h5-8,14,16,18H,3-4,9-13H2,1-2H3,(H2,22,23,24);1H. The van der Waals surface area contributed by atoms with Crippen LogP contribution < -0.4 is 10.6 Å². The molecule has 6 nitrogen and oxygen atoms in total. The SMILES string of the molecule is CCN=C(NC1CCN(C(=O)OCC)CC1)NC1CC1c1ccccc1F.I. The number of nitrogens with zero attached hydrogens (tertiary/aromatic N) is 2. The van der Waals surface area contributed by atoms with Crippen LogP contribution >= 0.6 is 24.0 Å². The van der Waals surface area contributed by atoms with Crippen molar-refractivity contribution in [2.45, 2.75) is 51.1 Å². The van der Waals surface area contributed by atoms with Gasteiger partial charge in [-0.2, -0.15) is 0 Å². The lowest BCUT2D eigenvalue weighted by atomic mass is 10.1. The molecule has 2 N–H and O–H groups in total. The largest absolute Gasteiger partial charge is 0.450 e. The van der Waals surface area contributed by atoms with Crippen LogP contribution in [0.15, 0.2) is 29.3 Å². The average molecular weight is 504 g/mol. The summed E-state index contributed by atoms with van der Waals surface area (Å²) in [6.07, 6.45) is 2.38. The molecule has 0 aromatic heterocycles. The van der Waals surface area contributed by atoms with Crippen LogP contribution in [0.4, 0.5) is 9.18 Å². The summed E-state index contributed by atoms with van der Waals surface area (Å²) < 4.78 is 19.0. The van der Waals surface area contributed by atoms with Gasteiger partial charge in [0.05, 0.1) is 6.61 Å². The number of nitrogens with one attached hydrogen (secondary N) is 2. The Balaban J connectivity index is 0.00000280. The first-order chi connectivity index (χ1) is 13.1. The van der Waals surface area contributed by atoms with Crippen molar-refractivity contribution in [3.63, 3.8) is 0 Å². The summed E-state index contributed by atoms with van der Waals surface area (Å²) in [6.45, 7) is 6.24. The summed E-state index contributed by atoms with van der Waals surface area (Å²) in [5.41, 5.74) is 0.772. The minimum atomic E-state index is -0.234. The van der Waals surface area contributed by atoms with Gasteiger partial charge in [0.1, 0.15) is 5.82 Å². The van der Waals surface area contributed by atoms with Crippen LogP contribution in [0.3, 0.4) is 0 Å². The monoisotopic (exact) mass is 504 g/mol. The molecule has 3 rings (SSSR count). The summed E-state index contributed by atoms with van der Waals surface area (Å²) in [7, 11) is 0. The van der Waals surface area contributed by atoms with Crippen LogP contribution in [0.2, 0.25) is 0 Å². The number of piperidine rings is 1. The fraction of sp³-hybridized carbons (Fsp3) is 0.600. The first-order valence-electron chi connectivity index (χ1n) is 9.86. The Kier molecular flexibility index (Phi) is 8.78. The molecule has 2 unspecified atom stereocenters. The number of hydrogen-bond donors (Lipinski definition) is 2. The highest BCUT2D eigenvalue weighted by Gasteiger charge is 2.40. The van der Waals surface area contributed by atoms with E-state index in [1.165, 1.54) is 6.07 Å². The lowest BCUT2D eigenvalue weighted by molar-refractivity contribution is 0.0963. The van der Waals surface area contributed by atoms with Gasteiger partial charge in [-0.3, -0.25) is 4.99 Å². The van der Waals surface area contributed by atoms with E-state index >= 15 is 0 Å². The van der Waals surface area contributed by atoms with Crippen LogP contribution in [0.25, 0.3) is 0 Å². The summed E-state index contributed by atoms with van der Waals surface area (Å²) in [4.78, 5) is 18.1. The van der Waals surface area contributed by atoms with Crippen LogP contribution in [-0.4, -0.2) is 55.3 Å². The molecule has 2 fully saturated rings. The van der Waals surface area contributed by atoms with E-state index in [1.807, 2.05) is 26.0 Å². The molecule has 1 saturated heterocycles. The number of likely N-dealkylation sites (tertiary alicyclic amines) is 1. The summed E-state index contributed by atoms with van der Waals surface area (Å²) >= 11 is 0. The van der Waals surface area contributed by atoms with E-state index in [2.05, 4.69) is 15.6 Å². The third-order valence-corrected chi connectivity index (χ3v) is 5.10. The van der Waals surface area contributed by atoms with E-state index in [-0.39, 0.29) is 53.9 Å².